The van der Waals surface area contributed by atoms with Crippen molar-refractivity contribution in [2.75, 3.05) is 6.61 Å². The Hall–Kier alpha value is -1.21. The average molecular weight is 380 g/mol. The van der Waals surface area contributed by atoms with Gasteiger partial charge in [0, 0.05) is 12.7 Å². The molecule has 1 aliphatic carbocycles. The van der Waals surface area contributed by atoms with Crippen molar-refractivity contribution in [1.29, 1.82) is 0 Å². The normalized spacial score (nSPS) is 43.5. The van der Waals surface area contributed by atoms with Crippen LogP contribution in [0.5, 0.6) is 0 Å². The molecule has 6 heteroatoms. The van der Waals surface area contributed by atoms with E-state index in [0.29, 0.717) is 19.3 Å². The maximum absolute atomic E-state index is 11.9. The highest BCUT2D eigenvalue weighted by Gasteiger charge is 2.38. The molecule has 2 aliphatic heterocycles. The first-order valence-electron chi connectivity index (χ1n) is 10.2. The van der Waals surface area contributed by atoms with Crippen LogP contribution in [-0.2, 0) is 19.0 Å². The molecule has 0 aromatic carbocycles. The third-order valence-electron chi connectivity index (χ3n) is 5.74. The van der Waals surface area contributed by atoms with Gasteiger partial charge in [0.25, 0.3) is 0 Å². The van der Waals surface area contributed by atoms with E-state index in [1.165, 1.54) is 12.2 Å². The van der Waals surface area contributed by atoms with Crippen LogP contribution in [0.15, 0.2) is 24.3 Å². The fourth-order valence-corrected chi connectivity index (χ4v) is 4.20. The van der Waals surface area contributed by atoms with Crippen LogP contribution in [0.25, 0.3) is 0 Å². The van der Waals surface area contributed by atoms with E-state index in [1.807, 2.05) is 13.0 Å². The summed E-state index contributed by atoms with van der Waals surface area (Å²) in [5, 5.41) is 20.8. The van der Waals surface area contributed by atoms with Crippen molar-refractivity contribution < 1.29 is 29.2 Å². The molecule has 3 aliphatic rings. The smallest absolute Gasteiger partial charge is 0.330 e. The Morgan fingerprint density at radius 1 is 1.07 bits per heavy atom. The Kier molecular flexibility index (Phi) is 7.47. The van der Waals surface area contributed by atoms with Crippen molar-refractivity contribution in [2.45, 2.75) is 82.6 Å². The Labute approximate surface area is 161 Å². The standard InChI is InChI=1S/C21H32O6/c1-14-5-7-16(22)8-6-15-12-17(27-21-4-2-3-11-25-21)13-18(15)19(23)9-10-20(24)26-14/h6,8-10,14-19,21-23H,2-5,7,11-13H2,1H3/b8-6+,10-9+/t14?,15?,16-,17-,18?,19?,21?/m0/s1. The number of allylic oxidation sites excluding steroid dienone is 1. The number of aliphatic hydroxyl groups excluding tert-OH is 2. The lowest BCUT2D eigenvalue weighted by Crippen LogP contribution is -2.27. The Morgan fingerprint density at radius 3 is 2.70 bits per heavy atom. The molecule has 0 bridgehead atoms. The molecule has 5 unspecified atom stereocenters. The highest BCUT2D eigenvalue weighted by molar-refractivity contribution is 5.82. The molecule has 0 aromatic rings. The van der Waals surface area contributed by atoms with E-state index in [-0.39, 0.29) is 30.3 Å². The van der Waals surface area contributed by atoms with Gasteiger partial charge in [-0.25, -0.2) is 4.79 Å². The van der Waals surface area contributed by atoms with Crippen LogP contribution >= 0.6 is 0 Å². The van der Waals surface area contributed by atoms with Crippen LogP contribution in [0, 0.1) is 11.8 Å². The van der Waals surface area contributed by atoms with Crippen molar-refractivity contribution in [1.82, 2.24) is 0 Å². The second-order valence-corrected chi connectivity index (χ2v) is 7.98. The molecule has 3 rings (SSSR count). The van der Waals surface area contributed by atoms with Gasteiger partial charge in [-0.05, 0) is 69.8 Å². The van der Waals surface area contributed by atoms with Crippen LogP contribution in [-0.4, -0.2) is 53.5 Å². The van der Waals surface area contributed by atoms with E-state index in [2.05, 4.69) is 0 Å². The van der Waals surface area contributed by atoms with Gasteiger partial charge < -0.3 is 24.4 Å². The molecular weight excluding hydrogens is 348 g/mol. The predicted octanol–water partition coefficient (Wildman–Crippen LogP) is 2.48. The fourth-order valence-electron chi connectivity index (χ4n) is 4.20. The minimum Gasteiger partial charge on any atom is -0.460 e. The molecule has 6 nitrogen and oxygen atoms in total. The number of fused-ring (bicyclic) bond motifs is 1. The van der Waals surface area contributed by atoms with Gasteiger partial charge in [-0.3, -0.25) is 0 Å². The molecule has 0 spiro atoms. The largest absolute Gasteiger partial charge is 0.460 e. The van der Waals surface area contributed by atoms with E-state index in [0.717, 1.165) is 32.3 Å². The van der Waals surface area contributed by atoms with Crippen LogP contribution in [0.1, 0.15) is 51.9 Å². The molecule has 27 heavy (non-hydrogen) atoms. The van der Waals surface area contributed by atoms with E-state index in [4.69, 9.17) is 14.2 Å². The lowest BCUT2D eigenvalue weighted by molar-refractivity contribution is -0.187. The average Bonchev–Trinajstić information content (AvgIpc) is 3.05. The van der Waals surface area contributed by atoms with E-state index < -0.39 is 18.2 Å². The number of hydrogen-bond donors (Lipinski definition) is 2. The topological polar surface area (TPSA) is 85.2 Å². The molecule has 0 amide bonds. The summed E-state index contributed by atoms with van der Waals surface area (Å²) < 4.78 is 17.1. The summed E-state index contributed by atoms with van der Waals surface area (Å²) in [7, 11) is 0. The molecule has 0 radical (unpaired) electrons. The maximum Gasteiger partial charge on any atom is 0.330 e. The number of aliphatic hydroxyl groups is 2. The number of esters is 1. The SMILES string of the molecule is CC1CC[C@H](O)/C=C/C2C[C@H](OC3CCCCO3)CC2C(O)/C=C/C(=O)O1. The van der Waals surface area contributed by atoms with Gasteiger partial charge >= 0.3 is 5.97 Å². The van der Waals surface area contributed by atoms with Gasteiger partial charge in [0.05, 0.1) is 24.4 Å². The van der Waals surface area contributed by atoms with E-state index in [1.54, 1.807) is 6.08 Å². The Bertz CT molecular complexity index is 539. The van der Waals surface area contributed by atoms with E-state index >= 15 is 0 Å². The number of ether oxygens (including phenoxy) is 3. The van der Waals surface area contributed by atoms with Gasteiger partial charge in [-0.2, -0.15) is 0 Å². The molecular formula is C21H32O6. The summed E-state index contributed by atoms with van der Waals surface area (Å²) in [4.78, 5) is 11.9. The molecule has 2 fully saturated rings. The third kappa shape index (κ3) is 6.14. The first-order chi connectivity index (χ1) is 13.0. The minimum atomic E-state index is -0.763. The zero-order valence-electron chi connectivity index (χ0n) is 16.0. The lowest BCUT2D eigenvalue weighted by Gasteiger charge is -2.26. The molecule has 2 N–H and O–H groups in total. The number of cyclic esters (lactones) is 1. The number of hydrogen-bond acceptors (Lipinski definition) is 6. The zero-order chi connectivity index (χ0) is 19.2. The van der Waals surface area contributed by atoms with Crippen molar-refractivity contribution in [3.05, 3.63) is 24.3 Å². The summed E-state index contributed by atoms with van der Waals surface area (Å²) in [6.07, 6.45) is 10.6. The predicted molar refractivity (Wildman–Crippen MR) is 99.8 cm³/mol. The minimum absolute atomic E-state index is 0.00724. The highest BCUT2D eigenvalue weighted by Crippen LogP contribution is 2.39. The van der Waals surface area contributed by atoms with Gasteiger partial charge in [-0.1, -0.05) is 12.2 Å². The quantitative estimate of drug-likeness (QED) is 0.566. The highest BCUT2D eigenvalue weighted by atomic mass is 16.7. The fraction of sp³-hybridized carbons (Fsp3) is 0.762. The maximum atomic E-state index is 11.9. The molecule has 152 valence electrons. The van der Waals surface area contributed by atoms with Crippen molar-refractivity contribution in [3.8, 4) is 0 Å². The molecule has 7 atom stereocenters. The summed E-state index contributed by atoms with van der Waals surface area (Å²) in [5.41, 5.74) is 0. The number of carbonyl (C=O) groups is 1. The van der Waals surface area contributed by atoms with Gasteiger partial charge in [0.2, 0.25) is 0 Å². The monoisotopic (exact) mass is 380 g/mol. The van der Waals surface area contributed by atoms with Crippen molar-refractivity contribution in [2.24, 2.45) is 11.8 Å². The lowest BCUT2D eigenvalue weighted by atomic mass is 9.89. The number of carbonyl (C=O) groups excluding carboxylic acids is 1. The van der Waals surface area contributed by atoms with Gasteiger partial charge in [-0.15, -0.1) is 0 Å². The second-order valence-electron chi connectivity index (χ2n) is 7.98. The Morgan fingerprint density at radius 2 is 1.93 bits per heavy atom. The number of rotatable bonds is 2. The van der Waals surface area contributed by atoms with Crippen molar-refractivity contribution >= 4 is 5.97 Å². The molecule has 1 saturated heterocycles. The first-order valence-corrected chi connectivity index (χ1v) is 10.2. The van der Waals surface area contributed by atoms with Crippen LogP contribution < -0.4 is 0 Å². The third-order valence-corrected chi connectivity index (χ3v) is 5.74. The summed E-state index contributed by atoms with van der Waals surface area (Å²) in [5.74, 6) is -0.437. The molecule has 2 heterocycles. The zero-order valence-corrected chi connectivity index (χ0v) is 16.0. The van der Waals surface area contributed by atoms with Crippen LogP contribution in [0.2, 0.25) is 0 Å². The van der Waals surface area contributed by atoms with Crippen LogP contribution in [0.4, 0.5) is 0 Å². The van der Waals surface area contributed by atoms with Crippen molar-refractivity contribution in [3.63, 3.8) is 0 Å². The van der Waals surface area contributed by atoms with Gasteiger partial charge in [0.1, 0.15) is 0 Å². The first kappa shape index (κ1) is 20.5. The second kappa shape index (κ2) is 9.82. The summed E-state index contributed by atoms with van der Waals surface area (Å²) in [6, 6.07) is 0. The van der Waals surface area contributed by atoms with E-state index in [9.17, 15) is 15.0 Å². The molecule has 1 saturated carbocycles. The van der Waals surface area contributed by atoms with Gasteiger partial charge in [0.15, 0.2) is 6.29 Å². The summed E-state index contributed by atoms with van der Waals surface area (Å²) in [6.45, 7) is 2.55. The molecule has 0 aromatic heterocycles. The van der Waals surface area contributed by atoms with Crippen LogP contribution in [0.3, 0.4) is 0 Å². The summed E-state index contributed by atoms with van der Waals surface area (Å²) >= 11 is 0. The Balaban J connectivity index is 1.69.